The fourth-order valence-corrected chi connectivity index (χ4v) is 1.71. The number of rotatable bonds is 8. The lowest BCUT2D eigenvalue weighted by Gasteiger charge is -2.25. The summed E-state index contributed by atoms with van der Waals surface area (Å²) < 4.78 is 0. The molecule has 0 aliphatic heterocycles. The second kappa shape index (κ2) is 6.86. The number of carboxylic acids is 1. The molecule has 0 aliphatic carbocycles. The van der Waals surface area contributed by atoms with Crippen LogP contribution in [0.15, 0.2) is 0 Å². The van der Waals surface area contributed by atoms with Crippen LogP contribution in [0.25, 0.3) is 0 Å². The van der Waals surface area contributed by atoms with E-state index in [2.05, 4.69) is 20.8 Å². The lowest BCUT2D eigenvalue weighted by molar-refractivity contribution is -0.149. The molecule has 0 aromatic carbocycles. The fourth-order valence-electron chi connectivity index (χ4n) is 1.71. The molecule has 2 nitrogen and oxygen atoms in total. The molecule has 0 rings (SSSR count). The first-order valence-corrected chi connectivity index (χ1v) is 6.15. The van der Waals surface area contributed by atoms with Crippen LogP contribution in [0.5, 0.6) is 0 Å². The molecule has 0 amide bonds. The number of unbranched alkanes of at least 4 members (excludes halogenated alkanes) is 2. The molecule has 0 aromatic heterocycles. The number of hydrogen-bond acceptors (Lipinski definition) is 1. The minimum absolute atomic E-state index is 0.501. The number of aliphatic carboxylic acids is 1. The highest BCUT2D eigenvalue weighted by Crippen LogP contribution is 2.31. The molecule has 0 aromatic rings. The predicted molar refractivity (Wildman–Crippen MR) is 64.0 cm³/mol. The second-order valence-electron chi connectivity index (χ2n) is 5.26. The van der Waals surface area contributed by atoms with Crippen molar-refractivity contribution in [3.05, 3.63) is 0 Å². The zero-order valence-corrected chi connectivity index (χ0v) is 10.7. The van der Waals surface area contributed by atoms with Crippen LogP contribution in [0.3, 0.4) is 0 Å². The largest absolute Gasteiger partial charge is 0.481 e. The first-order valence-electron chi connectivity index (χ1n) is 6.15. The Bertz CT molecular complexity index is 187. The molecule has 2 heteroatoms. The highest BCUT2D eigenvalue weighted by atomic mass is 16.4. The zero-order valence-electron chi connectivity index (χ0n) is 10.7. The maximum Gasteiger partial charge on any atom is 0.309 e. The van der Waals surface area contributed by atoms with Crippen LogP contribution in [0, 0.1) is 11.3 Å². The monoisotopic (exact) mass is 214 g/mol. The van der Waals surface area contributed by atoms with Gasteiger partial charge < -0.3 is 5.11 Å². The van der Waals surface area contributed by atoms with Gasteiger partial charge in [-0.15, -0.1) is 0 Å². The van der Waals surface area contributed by atoms with E-state index in [1.807, 2.05) is 6.92 Å². The van der Waals surface area contributed by atoms with Crippen LogP contribution in [-0.4, -0.2) is 11.1 Å². The van der Waals surface area contributed by atoms with Crippen molar-refractivity contribution in [2.45, 2.75) is 66.2 Å². The van der Waals surface area contributed by atoms with E-state index in [0.717, 1.165) is 38.5 Å². The topological polar surface area (TPSA) is 37.3 Å². The van der Waals surface area contributed by atoms with Crippen LogP contribution in [0.2, 0.25) is 0 Å². The number of carboxylic acid groups (broad SMARTS) is 1. The van der Waals surface area contributed by atoms with E-state index in [-0.39, 0.29) is 0 Å². The molecule has 90 valence electrons. The first kappa shape index (κ1) is 14.5. The summed E-state index contributed by atoms with van der Waals surface area (Å²) in [6, 6.07) is 0. The molecular weight excluding hydrogens is 188 g/mol. The average Bonchev–Trinajstić information content (AvgIpc) is 2.15. The van der Waals surface area contributed by atoms with E-state index in [1.165, 1.54) is 0 Å². The van der Waals surface area contributed by atoms with Gasteiger partial charge in [-0.2, -0.15) is 0 Å². The van der Waals surface area contributed by atoms with Gasteiger partial charge in [-0.05, 0) is 32.1 Å². The molecule has 1 N–H and O–H groups in total. The van der Waals surface area contributed by atoms with Crippen LogP contribution in [0.1, 0.15) is 66.2 Å². The highest BCUT2D eigenvalue weighted by molar-refractivity contribution is 5.74. The minimum Gasteiger partial charge on any atom is -0.481 e. The van der Waals surface area contributed by atoms with Crippen LogP contribution >= 0.6 is 0 Å². The van der Waals surface area contributed by atoms with Crippen molar-refractivity contribution in [1.29, 1.82) is 0 Å². The Morgan fingerprint density at radius 2 is 1.87 bits per heavy atom. The third kappa shape index (κ3) is 5.81. The average molecular weight is 214 g/mol. The molecule has 1 unspecified atom stereocenters. The van der Waals surface area contributed by atoms with Crippen molar-refractivity contribution in [1.82, 2.24) is 0 Å². The molecule has 0 aliphatic rings. The molecule has 0 spiro atoms. The second-order valence-corrected chi connectivity index (χ2v) is 5.26. The quantitative estimate of drug-likeness (QED) is 0.618. The summed E-state index contributed by atoms with van der Waals surface area (Å²) in [5.41, 5.74) is -0.501. The normalized spacial score (nSPS) is 15.3. The zero-order chi connectivity index (χ0) is 11.9. The van der Waals surface area contributed by atoms with Gasteiger partial charge in [-0.25, -0.2) is 0 Å². The summed E-state index contributed by atoms with van der Waals surface area (Å²) in [6.07, 6.45) is 5.98. The Morgan fingerprint density at radius 3 is 2.27 bits per heavy atom. The summed E-state index contributed by atoms with van der Waals surface area (Å²) in [7, 11) is 0. The molecule has 15 heavy (non-hydrogen) atoms. The van der Waals surface area contributed by atoms with Crippen LogP contribution in [0.4, 0.5) is 0 Å². The van der Waals surface area contributed by atoms with E-state index in [1.54, 1.807) is 0 Å². The Hall–Kier alpha value is -0.530. The van der Waals surface area contributed by atoms with Gasteiger partial charge in [-0.1, -0.05) is 40.0 Å². The third-order valence-corrected chi connectivity index (χ3v) is 3.12. The molecule has 1 atom stereocenters. The molecule has 0 bridgehead atoms. The van der Waals surface area contributed by atoms with Gasteiger partial charge in [0.2, 0.25) is 0 Å². The first-order chi connectivity index (χ1) is 6.92. The van der Waals surface area contributed by atoms with Gasteiger partial charge >= 0.3 is 5.97 Å². The summed E-state index contributed by atoms with van der Waals surface area (Å²) in [5, 5.41) is 9.24. The predicted octanol–water partition coefficient (Wildman–Crippen LogP) is 4.09. The Labute approximate surface area is 94.1 Å². The lowest BCUT2D eigenvalue weighted by atomic mass is 9.79. The summed E-state index contributed by atoms with van der Waals surface area (Å²) in [5.74, 6) is -0.0332. The van der Waals surface area contributed by atoms with Gasteiger partial charge in [0.1, 0.15) is 0 Å². The standard InChI is InChI=1S/C13H26O2/c1-5-6-7-9-13(4,12(14)15)10-8-11(2)3/h11H,5-10H2,1-4H3,(H,14,15). The molecule has 0 radical (unpaired) electrons. The van der Waals surface area contributed by atoms with E-state index >= 15 is 0 Å². The lowest BCUT2D eigenvalue weighted by Crippen LogP contribution is -2.28. The van der Waals surface area contributed by atoms with Crippen molar-refractivity contribution in [2.24, 2.45) is 11.3 Å². The van der Waals surface area contributed by atoms with Crippen molar-refractivity contribution in [3.63, 3.8) is 0 Å². The maximum absolute atomic E-state index is 11.2. The molecule has 0 saturated carbocycles. The Morgan fingerprint density at radius 1 is 1.27 bits per heavy atom. The number of carbonyl (C=O) groups is 1. The van der Waals surface area contributed by atoms with Crippen molar-refractivity contribution < 1.29 is 9.90 Å². The van der Waals surface area contributed by atoms with Crippen LogP contribution < -0.4 is 0 Å². The van der Waals surface area contributed by atoms with E-state index < -0.39 is 11.4 Å². The van der Waals surface area contributed by atoms with Crippen molar-refractivity contribution >= 4 is 5.97 Å². The van der Waals surface area contributed by atoms with Gasteiger partial charge in [-0.3, -0.25) is 4.79 Å². The van der Waals surface area contributed by atoms with Crippen molar-refractivity contribution in [3.8, 4) is 0 Å². The number of hydrogen-bond donors (Lipinski definition) is 1. The minimum atomic E-state index is -0.626. The maximum atomic E-state index is 11.2. The van der Waals surface area contributed by atoms with Gasteiger partial charge in [0.25, 0.3) is 0 Å². The van der Waals surface area contributed by atoms with Crippen LogP contribution in [-0.2, 0) is 4.79 Å². The van der Waals surface area contributed by atoms with Gasteiger partial charge in [0.05, 0.1) is 5.41 Å². The third-order valence-electron chi connectivity index (χ3n) is 3.12. The summed E-state index contributed by atoms with van der Waals surface area (Å²) in [4.78, 5) is 11.2. The van der Waals surface area contributed by atoms with E-state index in [0.29, 0.717) is 5.92 Å². The fraction of sp³-hybridized carbons (Fsp3) is 0.923. The smallest absolute Gasteiger partial charge is 0.309 e. The van der Waals surface area contributed by atoms with Crippen molar-refractivity contribution in [2.75, 3.05) is 0 Å². The molecule has 0 heterocycles. The summed E-state index contributed by atoms with van der Waals surface area (Å²) >= 11 is 0. The molecule has 0 saturated heterocycles. The highest BCUT2D eigenvalue weighted by Gasteiger charge is 2.31. The summed E-state index contributed by atoms with van der Waals surface area (Å²) in [6.45, 7) is 8.34. The van der Waals surface area contributed by atoms with Gasteiger partial charge in [0, 0.05) is 0 Å². The van der Waals surface area contributed by atoms with Gasteiger partial charge in [0.15, 0.2) is 0 Å². The molecular formula is C13H26O2. The Balaban J connectivity index is 4.13. The SMILES string of the molecule is CCCCCC(C)(CCC(C)C)C(=O)O. The van der Waals surface area contributed by atoms with E-state index in [9.17, 15) is 9.90 Å². The molecule has 0 fully saturated rings. The van der Waals surface area contributed by atoms with E-state index in [4.69, 9.17) is 0 Å². The Kier molecular flexibility index (Phi) is 6.62.